The number of carbonyl (C=O) groups is 4. The van der Waals surface area contributed by atoms with Gasteiger partial charge in [0, 0.05) is 110 Å². The molecule has 4 amide bonds. The van der Waals surface area contributed by atoms with Crippen LogP contribution >= 0.6 is 12.4 Å². The van der Waals surface area contributed by atoms with Crippen molar-refractivity contribution in [2.24, 2.45) is 33.9 Å². The van der Waals surface area contributed by atoms with Crippen molar-refractivity contribution in [3.63, 3.8) is 0 Å². The first-order valence-electron chi connectivity index (χ1n) is 35.6. The molecule has 0 bridgehead atoms. The third-order valence-electron chi connectivity index (χ3n) is 18.7. The molecule has 0 spiro atoms. The van der Waals surface area contributed by atoms with Crippen LogP contribution in [0.1, 0.15) is 126 Å². The van der Waals surface area contributed by atoms with Crippen LogP contribution in [-0.4, -0.2) is 82.7 Å². The predicted molar refractivity (Wildman–Crippen MR) is 428 cm³/mol. The van der Waals surface area contributed by atoms with Crippen LogP contribution in [0.3, 0.4) is 0 Å². The number of nitrogens with two attached hydrogens (primary N) is 1. The number of nitrogens with zero attached hydrogens (tertiary/aromatic N) is 11. The largest absolute Gasteiger partial charge is 0.444 e. The first kappa shape index (κ1) is 80.0. The number of aromatic nitrogens is 8. The van der Waals surface area contributed by atoms with E-state index < -0.39 is 39.2 Å². The second kappa shape index (κ2) is 33.5. The summed E-state index contributed by atoms with van der Waals surface area (Å²) in [5.41, 5.74) is 21.2. The van der Waals surface area contributed by atoms with Crippen LogP contribution in [0.5, 0.6) is 0 Å². The standard InChI is InChI=1S/C25H28FN5O3.C23H26FN5O3S.C20H20FN5O.C12H14N4.ClH/c1-15-6-9-21-20(10-15)29-22-18(13-28-30(22)5)14-31(21)23(32)16-7-8-17(19(26)11-16)12-27-24(33)34-25(2,3)4;1-4-9-33(31,32)26-13-17-7-6-16(11-19(17)24)23(30)29-14-18-12-25-28(3)22(18)27-20-10-15(2)5-8-21(20)29;1-12-3-6-18-17(7-12)24-19-15(10-23-25(19)2)11-26(18)20(27)13-4-5-14(9-22)16(21)8-13;1-8-3-4-10-11(5-8)15-12-9(6-13-10)7-14-16(12)2;/h6-11,13,29H,12,14H2,1-5H3,(H,27,33);5-8,10-12,26-27H,4,9,13-14H2,1-3H3;3-8,10,24H,9,11,22H2,1-2H3;3-5,7,13,15H,6H2,1-2H3;1H. The molecule has 7 aromatic carbocycles. The normalized spacial score (nSPS) is 12.8. The smallest absolute Gasteiger partial charge is 0.407 e. The molecule has 0 saturated heterocycles. The lowest BCUT2D eigenvalue weighted by atomic mass is 10.1. The summed E-state index contributed by atoms with van der Waals surface area (Å²) in [4.78, 5) is 57.0. The second-order valence-corrected chi connectivity index (χ2v) is 30.3. The molecule has 0 fully saturated rings. The molecular weight excluding hydrogens is 1460 g/mol. The Kier molecular flexibility index (Phi) is 24.1. The summed E-state index contributed by atoms with van der Waals surface area (Å²) in [6.07, 6.45) is 6.88. The maximum absolute atomic E-state index is 14.8. The Morgan fingerprint density at radius 3 is 1.22 bits per heavy atom. The van der Waals surface area contributed by atoms with Crippen molar-refractivity contribution in [2.75, 3.05) is 47.0 Å². The first-order chi connectivity index (χ1) is 52.4. The van der Waals surface area contributed by atoms with E-state index in [4.69, 9.17) is 10.5 Å². The van der Waals surface area contributed by atoms with E-state index in [2.05, 4.69) is 82.1 Å². The monoisotopic (exact) mass is 1550 g/mol. The molecule has 0 radical (unpaired) electrons. The minimum atomic E-state index is -3.46. The third-order valence-corrected chi connectivity index (χ3v) is 20.2. The Balaban J connectivity index is 0.000000150. The van der Waals surface area contributed by atoms with Gasteiger partial charge in [0.15, 0.2) is 0 Å². The van der Waals surface area contributed by atoms with Crippen molar-refractivity contribution in [3.05, 3.63) is 248 Å². The molecule has 11 aromatic rings. The summed E-state index contributed by atoms with van der Waals surface area (Å²) in [7, 11) is 3.99. The average molecular weight is 1550 g/mol. The van der Waals surface area contributed by atoms with Crippen LogP contribution in [-0.2, 0) is 88.8 Å². The molecule has 0 saturated carbocycles. The van der Waals surface area contributed by atoms with Crippen LogP contribution in [0.25, 0.3) is 0 Å². The quantitative estimate of drug-likeness (QED) is 0.0597. The van der Waals surface area contributed by atoms with E-state index in [1.54, 1.807) is 93.2 Å². The number of halogens is 4. The van der Waals surface area contributed by atoms with E-state index in [1.165, 1.54) is 41.5 Å². The number of amides is 4. The van der Waals surface area contributed by atoms with Gasteiger partial charge in [0.2, 0.25) is 10.0 Å². The van der Waals surface area contributed by atoms with Gasteiger partial charge in [0.05, 0.1) is 95.7 Å². The summed E-state index contributed by atoms with van der Waals surface area (Å²) < 4.78 is 82.1. The molecule has 111 heavy (non-hydrogen) atoms. The summed E-state index contributed by atoms with van der Waals surface area (Å²) >= 11 is 0. The number of benzene rings is 7. The van der Waals surface area contributed by atoms with Gasteiger partial charge >= 0.3 is 6.09 Å². The third kappa shape index (κ3) is 18.3. The van der Waals surface area contributed by atoms with Crippen LogP contribution in [0.15, 0.2) is 152 Å². The van der Waals surface area contributed by atoms with E-state index in [0.29, 0.717) is 29.9 Å². The number of nitrogens with one attached hydrogen (secondary N) is 7. The second-order valence-electron chi connectivity index (χ2n) is 28.3. The molecular formula is C80H89ClF3N19O7S. The fourth-order valence-electron chi connectivity index (χ4n) is 12.9. The van der Waals surface area contributed by atoms with Crippen molar-refractivity contribution >= 4 is 115 Å². The molecule has 8 heterocycles. The topological polar surface area (TPSA) is 303 Å². The van der Waals surface area contributed by atoms with Crippen LogP contribution in [0.4, 0.5) is 86.7 Å². The average Bonchev–Trinajstić information content (AvgIpc) is 1.67. The number of sulfonamides is 1. The van der Waals surface area contributed by atoms with Gasteiger partial charge in [-0.05, 0) is 162 Å². The van der Waals surface area contributed by atoms with E-state index in [1.807, 2.05) is 114 Å². The zero-order valence-electron chi connectivity index (χ0n) is 63.6. The minimum Gasteiger partial charge on any atom is -0.444 e. The zero-order chi connectivity index (χ0) is 78.6. The van der Waals surface area contributed by atoms with Crippen LogP contribution < -0.4 is 57.1 Å². The highest BCUT2D eigenvalue weighted by atomic mass is 35.5. The number of fused-ring (bicyclic) bond motifs is 8. The minimum absolute atomic E-state index is 0. The number of anilines is 12. The lowest BCUT2D eigenvalue weighted by Gasteiger charge is -2.23. The SMILES string of the molecule is CCCS(=O)(=O)NCc1ccc(C(=O)N2Cc3cnn(C)c3Nc3cc(C)ccc32)cc1F.Cc1ccc2c(c1)Nc1c(cnn1C)CN2.Cc1ccc2c(c1)Nc1c(cnn1C)CN2C(=O)c1ccc(CN)c(F)c1.Cc1ccc2c(c1)Nc1c(cnn1C)CN2C(=O)c1ccc(CNC(=O)OC(C)(C)C)c(F)c1.Cl. The molecule has 0 atom stereocenters. The molecule has 4 aromatic heterocycles. The molecule has 4 aliphatic rings. The van der Waals surface area contributed by atoms with Gasteiger partial charge in [-0.15, -0.1) is 12.4 Å². The Bertz CT molecular complexity index is 5480. The molecule has 580 valence electrons. The highest BCUT2D eigenvalue weighted by molar-refractivity contribution is 7.89. The van der Waals surface area contributed by atoms with Crippen molar-refractivity contribution in [1.29, 1.82) is 0 Å². The zero-order valence-corrected chi connectivity index (χ0v) is 65.2. The lowest BCUT2D eigenvalue weighted by molar-refractivity contribution is 0.0522. The van der Waals surface area contributed by atoms with Gasteiger partial charge in [-0.25, -0.2) is 31.1 Å². The number of aryl methyl sites for hydroxylation is 8. The Hall–Kier alpha value is -12.0. The molecule has 0 aliphatic carbocycles. The van der Waals surface area contributed by atoms with E-state index in [9.17, 15) is 40.8 Å². The van der Waals surface area contributed by atoms with Crippen molar-refractivity contribution in [3.8, 4) is 0 Å². The molecule has 26 nitrogen and oxygen atoms in total. The summed E-state index contributed by atoms with van der Waals surface area (Å²) in [6, 6.07) is 36.5. The number of ether oxygens (including phenoxy) is 1. The van der Waals surface area contributed by atoms with Gasteiger partial charge in [0.1, 0.15) is 46.3 Å². The molecule has 9 N–H and O–H groups in total. The van der Waals surface area contributed by atoms with E-state index >= 15 is 0 Å². The molecule has 4 aliphatic heterocycles. The predicted octanol–water partition coefficient (Wildman–Crippen LogP) is 14.4. The van der Waals surface area contributed by atoms with E-state index in [-0.39, 0.29) is 96.4 Å². The summed E-state index contributed by atoms with van der Waals surface area (Å²) in [6.45, 7) is 16.6. The van der Waals surface area contributed by atoms with Crippen molar-refractivity contribution < 1.29 is 45.5 Å². The van der Waals surface area contributed by atoms with Crippen molar-refractivity contribution in [2.45, 2.75) is 113 Å². The number of alkyl carbamates (subject to hydrolysis) is 1. The van der Waals surface area contributed by atoms with Gasteiger partial charge < -0.3 is 57.1 Å². The maximum atomic E-state index is 14.8. The van der Waals surface area contributed by atoms with Gasteiger partial charge in [-0.1, -0.05) is 49.4 Å². The van der Waals surface area contributed by atoms with Gasteiger partial charge in [0.25, 0.3) is 17.7 Å². The Labute approximate surface area is 648 Å². The Morgan fingerprint density at radius 1 is 0.486 bits per heavy atom. The fraction of sp³-hybridized carbons (Fsp3) is 0.275. The maximum Gasteiger partial charge on any atom is 0.407 e. The number of hydrogen-bond donors (Lipinski definition) is 8. The fourth-order valence-corrected chi connectivity index (χ4v) is 14.0. The molecule has 31 heteroatoms. The number of hydrogen-bond acceptors (Lipinski definition) is 17. The van der Waals surface area contributed by atoms with Crippen molar-refractivity contribution in [1.82, 2.24) is 49.2 Å². The van der Waals surface area contributed by atoms with Crippen LogP contribution in [0.2, 0.25) is 0 Å². The highest BCUT2D eigenvalue weighted by Crippen LogP contribution is 2.41. The van der Waals surface area contributed by atoms with Crippen LogP contribution in [0, 0.1) is 45.1 Å². The van der Waals surface area contributed by atoms with Gasteiger partial charge in [-0.3, -0.25) is 33.1 Å². The Morgan fingerprint density at radius 2 is 0.838 bits per heavy atom. The summed E-state index contributed by atoms with van der Waals surface area (Å²) in [5, 5.41) is 36.6. The van der Waals surface area contributed by atoms with E-state index in [0.717, 1.165) is 103 Å². The molecule has 15 rings (SSSR count). The number of carbonyl (C=O) groups excluding carboxylic acids is 4. The first-order valence-corrected chi connectivity index (χ1v) is 37.3. The number of rotatable bonds is 11. The summed E-state index contributed by atoms with van der Waals surface area (Å²) in [5.74, 6) is 0.797. The highest BCUT2D eigenvalue weighted by Gasteiger charge is 2.32. The lowest BCUT2D eigenvalue weighted by Crippen LogP contribution is -2.32. The van der Waals surface area contributed by atoms with Gasteiger partial charge in [-0.2, -0.15) is 20.4 Å². The molecule has 0 unspecified atom stereocenters.